The van der Waals surface area contributed by atoms with Gasteiger partial charge in [0.25, 0.3) is 5.56 Å². The van der Waals surface area contributed by atoms with Crippen LogP contribution in [0, 0.1) is 0 Å². The summed E-state index contributed by atoms with van der Waals surface area (Å²) in [5.74, 6) is 0.242. The van der Waals surface area contributed by atoms with Gasteiger partial charge in [0.2, 0.25) is 0 Å². The van der Waals surface area contributed by atoms with E-state index in [0.29, 0.717) is 10.1 Å². The fourth-order valence-corrected chi connectivity index (χ4v) is 5.68. The Hall–Kier alpha value is -2.59. The van der Waals surface area contributed by atoms with E-state index in [-0.39, 0.29) is 11.3 Å². The van der Waals surface area contributed by atoms with Crippen LogP contribution < -0.4 is 5.56 Å². The Morgan fingerprint density at radius 3 is 2.57 bits per heavy atom. The number of phenolic OH excluding ortho intramolecular Hbond substituents is 1. The van der Waals surface area contributed by atoms with Gasteiger partial charge in [0.1, 0.15) is 10.4 Å². The number of pyridine rings is 1. The summed E-state index contributed by atoms with van der Waals surface area (Å²) in [6.45, 7) is 2.26. The van der Waals surface area contributed by atoms with Gasteiger partial charge >= 0.3 is 0 Å². The summed E-state index contributed by atoms with van der Waals surface area (Å²) in [6, 6.07) is 14.2. The monoisotopic (exact) mass is 389 g/mol. The highest BCUT2D eigenvalue weighted by Crippen LogP contribution is 2.48. The first kappa shape index (κ1) is 17.5. The average molecular weight is 390 g/mol. The molecule has 1 aliphatic rings. The first-order valence-electron chi connectivity index (χ1n) is 9.99. The number of aromatic nitrogens is 1. The van der Waals surface area contributed by atoms with E-state index in [9.17, 15) is 9.90 Å². The molecule has 0 aliphatic heterocycles. The SMILES string of the molecule is CCCC1(c2ccc(-c3c(O)ccc4[nH]c(=O)c5sccc5c34)cc2)CCC1. The zero-order chi connectivity index (χ0) is 19.3. The van der Waals surface area contributed by atoms with E-state index < -0.39 is 0 Å². The largest absolute Gasteiger partial charge is 0.507 e. The summed E-state index contributed by atoms with van der Waals surface area (Å²) < 4.78 is 0.701. The number of aromatic amines is 1. The predicted molar refractivity (Wildman–Crippen MR) is 117 cm³/mol. The fourth-order valence-electron chi connectivity index (χ4n) is 4.88. The maximum atomic E-state index is 12.3. The molecule has 1 aliphatic carbocycles. The smallest absolute Gasteiger partial charge is 0.266 e. The molecule has 28 heavy (non-hydrogen) atoms. The third kappa shape index (κ3) is 2.51. The van der Waals surface area contributed by atoms with E-state index in [1.165, 1.54) is 49.0 Å². The third-order valence-corrected chi connectivity index (χ3v) is 7.31. The average Bonchev–Trinajstić information content (AvgIpc) is 3.16. The minimum atomic E-state index is -0.0732. The van der Waals surface area contributed by atoms with Crippen molar-refractivity contribution in [2.45, 2.75) is 44.4 Å². The maximum Gasteiger partial charge on any atom is 0.266 e. The molecule has 1 saturated carbocycles. The van der Waals surface area contributed by atoms with Crippen LogP contribution in [-0.4, -0.2) is 10.1 Å². The highest BCUT2D eigenvalue weighted by atomic mass is 32.1. The molecule has 0 spiro atoms. The first-order chi connectivity index (χ1) is 13.6. The summed E-state index contributed by atoms with van der Waals surface area (Å²) in [6.07, 6.45) is 6.31. The summed E-state index contributed by atoms with van der Waals surface area (Å²) in [5, 5.41) is 14.5. The van der Waals surface area contributed by atoms with Gasteiger partial charge in [-0.1, -0.05) is 44.0 Å². The number of fused-ring (bicyclic) bond motifs is 3. The minimum Gasteiger partial charge on any atom is -0.507 e. The number of phenols is 1. The van der Waals surface area contributed by atoms with Crippen molar-refractivity contribution >= 4 is 32.3 Å². The van der Waals surface area contributed by atoms with Crippen LogP contribution in [-0.2, 0) is 5.41 Å². The number of aromatic hydroxyl groups is 1. The number of nitrogens with one attached hydrogen (secondary N) is 1. The normalized spacial score (nSPS) is 15.8. The molecular weight excluding hydrogens is 366 g/mol. The molecule has 4 heteroatoms. The van der Waals surface area contributed by atoms with Gasteiger partial charge in [-0.3, -0.25) is 4.79 Å². The molecule has 2 aromatic carbocycles. The van der Waals surface area contributed by atoms with Crippen molar-refractivity contribution in [3.05, 3.63) is 63.8 Å². The third-order valence-electron chi connectivity index (χ3n) is 6.40. The zero-order valence-corrected chi connectivity index (χ0v) is 16.7. The van der Waals surface area contributed by atoms with E-state index in [4.69, 9.17) is 0 Å². The van der Waals surface area contributed by atoms with Crippen LogP contribution in [0.4, 0.5) is 0 Å². The molecule has 0 atom stereocenters. The van der Waals surface area contributed by atoms with Gasteiger partial charge in [0.15, 0.2) is 0 Å². The topological polar surface area (TPSA) is 53.1 Å². The van der Waals surface area contributed by atoms with Crippen LogP contribution in [0.3, 0.4) is 0 Å². The first-order valence-corrected chi connectivity index (χ1v) is 10.9. The van der Waals surface area contributed by atoms with Crippen LogP contribution in [0.2, 0.25) is 0 Å². The van der Waals surface area contributed by atoms with Crippen molar-refractivity contribution in [3.8, 4) is 16.9 Å². The Labute approximate surface area is 167 Å². The Morgan fingerprint density at radius 1 is 1.11 bits per heavy atom. The van der Waals surface area contributed by atoms with Crippen LogP contribution in [0.5, 0.6) is 5.75 Å². The molecule has 0 radical (unpaired) electrons. The van der Waals surface area contributed by atoms with E-state index >= 15 is 0 Å². The summed E-state index contributed by atoms with van der Waals surface area (Å²) in [7, 11) is 0. The van der Waals surface area contributed by atoms with Gasteiger partial charge in [0.05, 0.1) is 0 Å². The molecule has 0 saturated heterocycles. The Morgan fingerprint density at radius 2 is 1.89 bits per heavy atom. The standard InChI is InChI=1S/C24H23NO2S/c1-2-11-24(12-3-13-24)16-6-4-15(5-7-16)20-19(26)9-8-18-21(20)17-10-14-28-22(17)23(27)25-18/h4-10,14,26H,2-3,11-13H2,1H3,(H,25,27). The van der Waals surface area contributed by atoms with Gasteiger partial charge in [0, 0.05) is 21.9 Å². The van der Waals surface area contributed by atoms with Crippen LogP contribution in [0.25, 0.3) is 32.1 Å². The zero-order valence-electron chi connectivity index (χ0n) is 15.9. The van der Waals surface area contributed by atoms with Crippen molar-refractivity contribution in [1.29, 1.82) is 0 Å². The summed E-state index contributed by atoms with van der Waals surface area (Å²) in [4.78, 5) is 15.3. The molecule has 142 valence electrons. The molecule has 2 aromatic heterocycles. The number of H-pyrrole nitrogens is 1. The minimum absolute atomic E-state index is 0.0732. The van der Waals surface area contributed by atoms with Gasteiger partial charge < -0.3 is 10.1 Å². The van der Waals surface area contributed by atoms with Gasteiger partial charge in [-0.2, -0.15) is 0 Å². The lowest BCUT2D eigenvalue weighted by Gasteiger charge is -2.42. The number of benzene rings is 2. The Bertz CT molecular complexity index is 1230. The summed E-state index contributed by atoms with van der Waals surface area (Å²) >= 11 is 1.44. The molecule has 1 fully saturated rings. The van der Waals surface area contributed by atoms with Crippen LogP contribution in [0.1, 0.15) is 44.6 Å². The Balaban J connectivity index is 1.70. The molecule has 4 aromatic rings. The molecule has 5 rings (SSSR count). The molecule has 3 nitrogen and oxygen atoms in total. The maximum absolute atomic E-state index is 12.3. The molecule has 2 N–H and O–H groups in total. The molecule has 0 unspecified atom stereocenters. The second-order valence-electron chi connectivity index (χ2n) is 7.96. The van der Waals surface area contributed by atoms with Crippen molar-refractivity contribution in [2.75, 3.05) is 0 Å². The predicted octanol–water partition coefficient (Wildman–Crippen LogP) is 6.34. The van der Waals surface area contributed by atoms with Crippen molar-refractivity contribution in [2.24, 2.45) is 0 Å². The van der Waals surface area contributed by atoms with Crippen molar-refractivity contribution in [3.63, 3.8) is 0 Å². The number of hydrogen-bond donors (Lipinski definition) is 2. The van der Waals surface area contributed by atoms with Gasteiger partial charge in [-0.15, -0.1) is 11.3 Å². The quantitative estimate of drug-likeness (QED) is 0.428. The highest BCUT2D eigenvalue weighted by Gasteiger charge is 2.37. The summed E-state index contributed by atoms with van der Waals surface area (Å²) in [5.41, 5.74) is 4.22. The van der Waals surface area contributed by atoms with Crippen molar-refractivity contribution in [1.82, 2.24) is 4.98 Å². The second-order valence-corrected chi connectivity index (χ2v) is 8.88. The lowest BCUT2D eigenvalue weighted by Crippen LogP contribution is -2.33. The van der Waals surface area contributed by atoms with Crippen LogP contribution >= 0.6 is 11.3 Å². The van der Waals surface area contributed by atoms with E-state index in [1.54, 1.807) is 12.1 Å². The number of rotatable bonds is 4. The number of hydrogen-bond acceptors (Lipinski definition) is 3. The highest BCUT2D eigenvalue weighted by molar-refractivity contribution is 7.17. The van der Waals surface area contributed by atoms with Gasteiger partial charge in [-0.05, 0) is 59.4 Å². The number of thiophene rings is 1. The second kappa shape index (κ2) is 6.49. The van der Waals surface area contributed by atoms with E-state index in [2.05, 4.69) is 36.2 Å². The van der Waals surface area contributed by atoms with E-state index in [0.717, 1.165) is 27.4 Å². The van der Waals surface area contributed by atoms with E-state index in [1.807, 2.05) is 11.4 Å². The molecule has 0 bridgehead atoms. The Kier molecular flexibility index (Phi) is 4.06. The fraction of sp³-hybridized carbons (Fsp3) is 0.292. The van der Waals surface area contributed by atoms with Gasteiger partial charge in [-0.25, -0.2) is 0 Å². The van der Waals surface area contributed by atoms with Crippen molar-refractivity contribution < 1.29 is 5.11 Å². The molecule has 2 heterocycles. The van der Waals surface area contributed by atoms with Crippen LogP contribution in [0.15, 0.2) is 52.6 Å². The lowest BCUT2D eigenvalue weighted by atomic mass is 9.62. The lowest BCUT2D eigenvalue weighted by molar-refractivity contribution is 0.224. The molecule has 0 amide bonds. The molecular formula is C24H23NO2S.